The van der Waals surface area contributed by atoms with E-state index in [1.54, 1.807) is 12.1 Å². The summed E-state index contributed by atoms with van der Waals surface area (Å²) in [5.74, 6) is -0.205. The lowest BCUT2D eigenvalue weighted by Gasteiger charge is -2.26. The molecule has 1 fully saturated rings. The first-order valence-electron chi connectivity index (χ1n) is 9.50. The predicted octanol–water partition coefficient (Wildman–Crippen LogP) is 2.93. The molecule has 29 heavy (non-hydrogen) atoms. The maximum atomic E-state index is 12.8. The number of carbonyl (C=O) groups is 2. The van der Waals surface area contributed by atoms with Crippen molar-refractivity contribution in [3.63, 3.8) is 0 Å². The first-order chi connectivity index (χ1) is 13.8. The molecule has 1 saturated heterocycles. The topological polar surface area (TPSA) is 97.3 Å². The SMILES string of the molecule is CC(=O)Nc1ccc(CN2CCC(C)(C(=O)Nc3ccc(C#N)c(C)c3)N2)cc1. The van der Waals surface area contributed by atoms with E-state index in [0.29, 0.717) is 24.2 Å². The van der Waals surface area contributed by atoms with Gasteiger partial charge < -0.3 is 10.6 Å². The molecule has 0 aromatic heterocycles. The highest BCUT2D eigenvalue weighted by Gasteiger charge is 2.39. The van der Waals surface area contributed by atoms with Gasteiger partial charge >= 0.3 is 0 Å². The summed E-state index contributed by atoms with van der Waals surface area (Å²) in [5, 5.41) is 16.8. The van der Waals surface area contributed by atoms with Crippen molar-refractivity contribution < 1.29 is 9.59 Å². The van der Waals surface area contributed by atoms with E-state index in [9.17, 15) is 9.59 Å². The number of benzene rings is 2. The van der Waals surface area contributed by atoms with Crippen molar-refractivity contribution in [2.45, 2.75) is 39.3 Å². The minimum Gasteiger partial charge on any atom is -0.326 e. The van der Waals surface area contributed by atoms with Crippen LogP contribution in [0.15, 0.2) is 42.5 Å². The lowest BCUT2D eigenvalue weighted by Crippen LogP contribution is -2.51. The van der Waals surface area contributed by atoms with Crippen LogP contribution in [0.3, 0.4) is 0 Å². The second-order valence-electron chi connectivity index (χ2n) is 7.59. The number of anilines is 2. The number of hydrogen-bond donors (Lipinski definition) is 3. The van der Waals surface area contributed by atoms with E-state index in [-0.39, 0.29) is 11.8 Å². The van der Waals surface area contributed by atoms with Crippen LogP contribution >= 0.6 is 0 Å². The van der Waals surface area contributed by atoms with Crippen LogP contribution in [0.1, 0.15) is 37.0 Å². The zero-order valence-corrected chi connectivity index (χ0v) is 16.9. The minimum atomic E-state index is -0.710. The Morgan fingerprint density at radius 2 is 1.86 bits per heavy atom. The molecule has 0 radical (unpaired) electrons. The normalized spacial score (nSPS) is 18.8. The molecule has 0 bridgehead atoms. The fraction of sp³-hybridized carbons (Fsp3) is 0.318. The van der Waals surface area contributed by atoms with Crippen molar-refractivity contribution in [2.75, 3.05) is 17.2 Å². The Morgan fingerprint density at radius 1 is 1.17 bits per heavy atom. The largest absolute Gasteiger partial charge is 0.326 e. The van der Waals surface area contributed by atoms with Crippen molar-refractivity contribution in [1.82, 2.24) is 10.4 Å². The fourth-order valence-corrected chi connectivity index (χ4v) is 3.36. The van der Waals surface area contributed by atoms with Gasteiger partial charge in [0.2, 0.25) is 11.8 Å². The summed E-state index contributed by atoms with van der Waals surface area (Å²) in [5.41, 5.74) is 6.57. The van der Waals surface area contributed by atoms with Crippen LogP contribution < -0.4 is 16.1 Å². The maximum absolute atomic E-state index is 12.8. The van der Waals surface area contributed by atoms with Gasteiger partial charge in [0.05, 0.1) is 11.6 Å². The Balaban J connectivity index is 1.59. The number of amides is 2. The quantitative estimate of drug-likeness (QED) is 0.728. The summed E-state index contributed by atoms with van der Waals surface area (Å²) in [7, 11) is 0. The van der Waals surface area contributed by atoms with Crippen LogP contribution in [0.4, 0.5) is 11.4 Å². The third-order valence-electron chi connectivity index (χ3n) is 5.04. The first kappa shape index (κ1) is 20.5. The summed E-state index contributed by atoms with van der Waals surface area (Å²) >= 11 is 0. The summed E-state index contributed by atoms with van der Waals surface area (Å²) in [6, 6.07) is 15.1. The number of nitrogens with zero attached hydrogens (tertiary/aromatic N) is 2. The lowest BCUT2D eigenvalue weighted by atomic mass is 9.99. The van der Waals surface area contributed by atoms with Crippen molar-refractivity contribution in [2.24, 2.45) is 0 Å². The van der Waals surface area contributed by atoms with Gasteiger partial charge in [0, 0.05) is 31.4 Å². The zero-order chi connectivity index (χ0) is 21.0. The fourth-order valence-electron chi connectivity index (χ4n) is 3.36. The molecule has 0 spiro atoms. The van der Waals surface area contributed by atoms with Crippen molar-refractivity contribution >= 4 is 23.2 Å². The van der Waals surface area contributed by atoms with Crippen molar-refractivity contribution in [1.29, 1.82) is 5.26 Å². The minimum absolute atomic E-state index is 0.0989. The Hall–Kier alpha value is -3.21. The smallest absolute Gasteiger partial charge is 0.245 e. The van der Waals surface area contributed by atoms with E-state index >= 15 is 0 Å². The molecule has 7 heteroatoms. The van der Waals surface area contributed by atoms with Gasteiger partial charge in [0.25, 0.3) is 0 Å². The summed E-state index contributed by atoms with van der Waals surface area (Å²) in [4.78, 5) is 24.0. The van der Waals surface area contributed by atoms with Crippen molar-refractivity contribution in [3.05, 3.63) is 59.2 Å². The summed E-state index contributed by atoms with van der Waals surface area (Å²) < 4.78 is 0. The second kappa shape index (κ2) is 8.43. The van der Waals surface area contributed by atoms with E-state index in [1.165, 1.54) is 6.92 Å². The molecule has 1 aliphatic heterocycles. The molecule has 2 aromatic rings. The third kappa shape index (κ3) is 4.99. The van der Waals surface area contributed by atoms with Crippen LogP contribution in [0, 0.1) is 18.3 Å². The van der Waals surface area contributed by atoms with Crippen LogP contribution in [0.25, 0.3) is 0 Å². The predicted molar refractivity (Wildman–Crippen MR) is 112 cm³/mol. The van der Waals surface area contributed by atoms with Gasteiger partial charge in [-0.25, -0.2) is 10.4 Å². The van der Waals surface area contributed by atoms with Gasteiger partial charge in [-0.3, -0.25) is 9.59 Å². The number of carbonyl (C=O) groups excluding carboxylic acids is 2. The van der Waals surface area contributed by atoms with Gasteiger partial charge in [0.15, 0.2) is 0 Å². The Kier molecular flexibility index (Phi) is 5.97. The molecular weight excluding hydrogens is 366 g/mol. The number of nitrogens with one attached hydrogen (secondary N) is 3. The Morgan fingerprint density at radius 3 is 2.48 bits per heavy atom. The van der Waals surface area contributed by atoms with Crippen LogP contribution in [0.2, 0.25) is 0 Å². The van der Waals surface area contributed by atoms with Crippen LogP contribution in [0.5, 0.6) is 0 Å². The lowest BCUT2D eigenvalue weighted by molar-refractivity contribution is -0.122. The third-order valence-corrected chi connectivity index (χ3v) is 5.04. The molecule has 2 aromatic carbocycles. The summed E-state index contributed by atoms with van der Waals surface area (Å²) in [6.07, 6.45) is 0.679. The number of nitriles is 1. The van der Waals surface area contributed by atoms with E-state index in [4.69, 9.17) is 5.26 Å². The molecule has 2 amide bonds. The monoisotopic (exact) mass is 391 g/mol. The molecule has 3 rings (SSSR count). The van der Waals surface area contributed by atoms with Gasteiger partial charge in [0.1, 0.15) is 5.54 Å². The van der Waals surface area contributed by atoms with E-state index < -0.39 is 5.54 Å². The van der Waals surface area contributed by atoms with E-state index in [2.05, 4.69) is 22.1 Å². The molecular formula is C22H25N5O2. The molecule has 3 N–H and O–H groups in total. The Bertz CT molecular complexity index is 964. The zero-order valence-electron chi connectivity index (χ0n) is 16.9. The van der Waals surface area contributed by atoms with Gasteiger partial charge in [-0.2, -0.15) is 5.26 Å². The maximum Gasteiger partial charge on any atom is 0.245 e. The second-order valence-corrected chi connectivity index (χ2v) is 7.59. The highest BCUT2D eigenvalue weighted by molar-refractivity contribution is 5.98. The van der Waals surface area contributed by atoms with E-state index in [0.717, 1.165) is 23.4 Å². The van der Waals surface area contributed by atoms with Gasteiger partial charge in [-0.15, -0.1) is 0 Å². The highest BCUT2D eigenvalue weighted by atomic mass is 16.2. The number of hydrogen-bond acceptors (Lipinski definition) is 5. The Labute approximate surface area is 170 Å². The van der Waals surface area contributed by atoms with E-state index in [1.807, 2.05) is 49.2 Å². The van der Waals surface area contributed by atoms with Crippen LogP contribution in [-0.4, -0.2) is 28.9 Å². The summed E-state index contributed by atoms with van der Waals surface area (Å²) in [6.45, 7) is 6.61. The van der Waals surface area contributed by atoms with Gasteiger partial charge in [-0.05, 0) is 61.7 Å². The molecule has 1 atom stereocenters. The molecule has 150 valence electrons. The molecule has 7 nitrogen and oxygen atoms in total. The first-order valence-corrected chi connectivity index (χ1v) is 9.50. The number of aryl methyl sites for hydroxylation is 1. The molecule has 1 aliphatic rings. The molecule has 1 heterocycles. The average molecular weight is 391 g/mol. The standard InChI is InChI=1S/C22H25N5O2/c1-15-12-20(9-6-18(15)13-23)25-21(29)22(3)10-11-27(26-22)14-17-4-7-19(8-5-17)24-16(2)28/h4-9,12,26H,10-11,14H2,1-3H3,(H,24,28)(H,25,29). The number of rotatable bonds is 5. The highest BCUT2D eigenvalue weighted by Crippen LogP contribution is 2.23. The van der Waals surface area contributed by atoms with Crippen molar-refractivity contribution in [3.8, 4) is 6.07 Å². The number of hydrazine groups is 1. The van der Waals surface area contributed by atoms with Gasteiger partial charge in [-0.1, -0.05) is 12.1 Å². The molecule has 0 saturated carbocycles. The molecule has 1 unspecified atom stereocenters. The molecule has 0 aliphatic carbocycles. The van der Waals surface area contributed by atoms with Crippen LogP contribution in [-0.2, 0) is 16.1 Å². The average Bonchev–Trinajstić information content (AvgIpc) is 3.05.